The first-order valence-electron chi connectivity index (χ1n) is 6.75. The molecule has 0 aromatic heterocycles. The van der Waals surface area contributed by atoms with Gasteiger partial charge in [-0.2, -0.15) is 17.0 Å². The molecule has 1 heterocycles. The van der Waals surface area contributed by atoms with E-state index in [1.165, 1.54) is 8.61 Å². The van der Waals surface area contributed by atoms with Gasteiger partial charge in [0.15, 0.2) is 0 Å². The van der Waals surface area contributed by atoms with Crippen molar-refractivity contribution in [2.75, 3.05) is 39.3 Å². The minimum atomic E-state index is -3.40. The predicted molar refractivity (Wildman–Crippen MR) is 69.4 cm³/mol. The Hall–Kier alpha value is -0.210. The zero-order chi connectivity index (χ0) is 13.0. The minimum Gasteiger partial charge on any atom is -0.395 e. The van der Waals surface area contributed by atoms with E-state index in [9.17, 15) is 8.42 Å². The van der Waals surface area contributed by atoms with Gasteiger partial charge in [-0.15, -0.1) is 0 Å². The molecule has 6 nitrogen and oxygen atoms in total. The predicted octanol–water partition coefficient (Wildman–Crippen LogP) is -0.627. The van der Waals surface area contributed by atoms with Crippen LogP contribution >= 0.6 is 0 Å². The molecule has 0 unspecified atom stereocenters. The van der Waals surface area contributed by atoms with Crippen LogP contribution in [0.3, 0.4) is 0 Å². The molecule has 2 rings (SSSR count). The normalized spacial score (nSPS) is 23.9. The van der Waals surface area contributed by atoms with Crippen LogP contribution in [0, 0.1) is 0 Å². The molecule has 1 saturated heterocycles. The second kappa shape index (κ2) is 6.29. The van der Waals surface area contributed by atoms with Crippen LogP contribution < -0.4 is 5.32 Å². The van der Waals surface area contributed by atoms with Crippen molar-refractivity contribution in [1.82, 2.24) is 13.9 Å². The molecule has 0 spiro atoms. The van der Waals surface area contributed by atoms with Gasteiger partial charge in [0.05, 0.1) is 6.61 Å². The van der Waals surface area contributed by atoms with Crippen molar-refractivity contribution in [3.63, 3.8) is 0 Å². The third-order valence-electron chi connectivity index (χ3n) is 3.75. The lowest BCUT2D eigenvalue weighted by atomic mass is 10.2. The maximum absolute atomic E-state index is 12.6. The quantitative estimate of drug-likeness (QED) is 0.702. The lowest BCUT2D eigenvalue weighted by Crippen LogP contribution is -2.54. The van der Waals surface area contributed by atoms with E-state index in [1.54, 1.807) is 0 Å². The summed E-state index contributed by atoms with van der Waals surface area (Å²) >= 11 is 0. The van der Waals surface area contributed by atoms with E-state index >= 15 is 0 Å². The van der Waals surface area contributed by atoms with Crippen LogP contribution in [0.4, 0.5) is 0 Å². The van der Waals surface area contributed by atoms with Crippen molar-refractivity contribution >= 4 is 10.2 Å². The SMILES string of the molecule is O=S(=O)(N1CCNCC1)N(CCO)C1CCCC1. The van der Waals surface area contributed by atoms with Crippen LogP contribution in [0.15, 0.2) is 0 Å². The number of piperazine rings is 1. The largest absolute Gasteiger partial charge is 0.395 e. The third-order valence-corrected chi connectivity index (χ3v) is 5.84. The van der Waals surface area contributed by atoms with Crippen molar-refractivity contribution in [3.8, 4) is 0 Å². The zero-order valence-corrected chi connectivity index (χ0v) is 11.5. The van der Waals surface area contributed by atoms with Gasteiger partial charge in [-0.3, -0.25) is 0 Å². The van der Waals surface area contributed by atoms with E-state index in [2.05, 4.69) is 5.32 Å². The number of nitrogens with zero attached hydrogens (tertiary/aromatic N) is 2. The molecule has 18 heavy (non-hydrogen) atoms. The van der Waals surface area contributed by atoms with E-state index in [-0.39, 0.29) is 19.2 Å². The van der Waals surface area contributed by atoms with Crippen LogP contribution in [0.5, 0.6) is 0 Å². The fourth-order valence-electron chi connectivity index (χ4n) is 2.80. The average molecular weight is 277 g/mol. The van der Waals surface area contributed by atoms with Crippen molar-refractivity contribution in [2.24, 2.45) is 0 Å². The fraction of sp³-hybridized carbons (Fsp3) is 1.00. The molecule has 0 bridgehead atoms. The summed E-state index contributed by atoms with van der Waals surface area (Å²) in [6.45, 7) is 2.57. The number of hydrogen-bond donors (Lipinski definition) is 2. The Kier molecular flexibility index (Phi) is 4.97. The zero-order valence-electron chi connectivity index (χ0n) is 10.7. The molecule has 1 saturated carbocycles. The van der Waals surface area contributed by atoms with Crippen LogP contribution in [0.2, 0.25) is 0 Å². The highest BCUT2D eigenvalue weighted by atomic mass is 32.2. The molecular weight excluding hydrogens is 254 g/mol. The van der Waals surface area contributed by atoms with Gasteiger partial charge in [0, 0.05) is 38.8 Å². The number of aliphatic hydroxyl groups is 1. The van der Waals surface area contributed by atoms with Gasteiger partial charge in [0.25, 0.3) is 10.2 Å². The lowest BCUT2D eigenvalue weighted by Gasteiger charge is -2.35. The van der Waals surface area contributed by atoms with E-state index < -0.39 is 10.2 Å². The van der Waals surface area contributed by atoms with Crippen LogP contribution in [0.1, 0.15) is 25.7 Å². The van der Waals surface area contributed by atoms with Crippen LogP contribution in [0.25, 0.3) is 0 Å². The van der Waals surface area contributed by atoms with Gasteiger partial charge in [-0.1, -0.05) is 12.8 Å². The van der Waals surface area contributed by atoms with Crippen LogP contribution in [-0.2, 0) is 10.2 Å². The Balaban J connectivity index is 2.11. The van der Waals surface area contributed by atoms with Gasteiger partial charge in [0.1, 0.15) is 0 Å². The van der Waals surface area contributed by atoms with E-state index in [4.69, 9.17) is 5.11 Å². The number of nitrogens with one attached hydrogen (secondary N) is 1. The topological polar surface area (TPSA) is 72.9 Å². The smallest absolute Gasteiger partial charge is 0.282 e. The molecule has 2 aliphatic rings. The number of aliphatic hydroxyl groups excluding tert-OH is 1. The van der Waals surface area contributed by atoms with Crippen molar-refractivity contribution < 1.29 is 13.5 Å². The van der Waals surface area contributed by atoms with Gasteiger partial charge in [-0.25, -0.2) is 0 Å². The van der Waals surface area contributed by atoms with Crippen LogP contribution in [-0.4, -0.2) is 67.5 Å². The molecule has 2 fully saturated rings. The first-order valence-corrected chi connectivity index (χ1v) is 8.14. The highest BCUT2D eigenvalue weighted by Gasteiger charge is 2.36. The van der Waals surface area contributed by atoms with E-state index in [1.807, 2.05) is 0 Å². The summed E-state index contributed by atoms with van der Waals surface area (Å²) in [6, 6.07) is 0.0806. The molecular formula is C11H23N3O3S. The number of rotatable bonds is 5. The van der Waals surface area contributed by atoms with Crippen molar-refractivity contribution in [3.05, 3.63) is 0 Å². The average Bonchev–Trinajstić information content (AvgIpc) is 2.90. The second-order valence-corrected chi connectivity index (χ2v) is 6.81. The van der Waals surface area contributed by atoms with E-state index in [0.29, 0.717) is 26.2 Å². The highest BCUT2D eigenvalue weighted by molar-refractivity contribution is 7.86. The minimum absolute atomic E-state index is 0.0806. The van der Waals surface area contributed by atoms with Gasteiger partial charge >= 0.3 is 0 Å². The standard InChI is InChI=1S/C11H23N3O3S/c15-10-9-14(11-3-1-2-4-11)18(16,17)13-7-5-12-6-8-13/h11-12,15H,1-10H2. The molecule has 106 valence electrons. The molecule has 2 N–H and O–H groups in total. The molecule has 0 aromatic rings. The van der Waals surface area contributed by atoms with E-state index in [0.717, 1.165) is 25.7 Å². The second-order valence-electron chi connectivity index (χ2n) is 4.93. The molecule has 1 aliphatic heterocycles. The summed E-state index contributed by atoms with van der Waals surface area (Å²) in [6.07, 6.45) is 4.02. The summed E-state index contributed by atoms with van der Waals surface area (Å²) in [7, 11) is -3.40. The van der Waals surface area contributed by atoms with Gasteiger partial charge in [0.2, 0.25) is 0 Å². The maximum Gasteiger partial charge on any atom is 0.282 e. The summed E-state index contributed by atoms with van der Waals surface area (Å²) in [5, 5.41) is 12.3. The first kappa shape index (κ1) is 14.2. The summed E-state index contributed by atoms with van der Waals surface area (Å²) < 4.78 is 28.2. The highest BCUT2D eigenvalue weighted by Crippen LogP contribution is 2.26. The summed E-state index contributed by atoms with van der Waals surface area (Å²) in [5.41, 5.74) is 0. The molecule has 1 aliphatic carbocycles. The Morgan fingerprint density at radius 1 is 1.22 bits per heavy atom. The maximum atomic E-state index is 12.6. The molecule has 0 amide bonds. The van der Waals surface area contributed by atoms with Crippen molar-refractivity contribution in [1.29, 1.82) is 0 Å². The Morgan fingerprint density at radius 3 is 2.39 bits per heavy atom. The number of hydrogen-bond acceptors (Lipinski definition) is 4. The molecule has 0 radical (unpaired) electrons. The monoisotopic (exact) mass is 277 g/mol. The molecule has 0 atom stereocenters. The fourth-order valence-corrected chi connectivity index (χ4v) is 4.64. The van der Waals surface area contributed by atoms with Gasteiger partial charge in [-0.05, 0) is 12.8 Å². The Bertz CT molecular complexity index is 349. The third kappa shape index (κ3) is 3.03. The Morgan fingerprint density at radius 2 is 1.83 bits per heavy atom. The lowest BCUT2D eigenvalue weighted by molar-refractivity contribution is 0.211. The summed E-state index contributed by atoms with van der Waals surface area (Å²) in [4.78, 5) is 0. The first-order chi connectivity index (χ1) is 8.66. The Labute approximate surface area is 109 Å². The molecule has 0 aromatic carbocycles. The summed E-state index contributed by atoms with van der Waals surface area (Å²) in [5.74, 6) is 0. The van der Waals surface area contributed by atoms with Crippen molar-refractivity contribution in [2.45, 2.75) is 31.7 Å². The van der Waals surface area contributed by atoms with Gasteiger partial charge < -0.3 is 10.4 Å². The molecule has 7 heteroatoms.